The molecule has 1 saturated heterocycles. The molecule has 15 heavy (non-hydrogen) atoms. The third-order valence-electron chi connectivity index (χ3n) is 3.50. The van der Waals surface area contributed by atoms with E-state index in [1.807, 2.05) is 12.5 Å². The zero-order valence-electron chi connectivity index (χ0n) is 8.80. The van der Waals surface area contributed by atoms with E-state index in [1.54, 1.807) is 0 Å². The quantitative estimate of drug-likeness (QED) is 0.807. The Labute approximate surface area is 89.4 Å². The minimum atomic E-state index is 0.407. The van der Waals surface area contributed by atoms with Gasteiger partial charge >= 0.3 is 0 Å². The summed E-state index contributed by atoms with van der Waals surface area (Å²) in [7, 11) is 0. The van der Waals surface area contributed by atoms with Crippen molar-refractivity contribution in [2.45, 2.75) is 38.0 Å². The van der Waals surface area contributed by atoms with E-state index in [2.05, 4.69) is 9.55 Å². The first kappa shape index (κ1) is 9.36. The predicted molar refractivity (Wildman–Crippen MR) is 56.2 cm³/mol. The van der Waals surface area contributed by atoms with Crippen LogP contribution in [0.4, 0.5) is 0 Å². The number of nitrogens with two attached hydrogens (primary N) is 1. The number of aromatic nitrogens is 2. The van der Waals surface area contributed by atoms with Crippen molar-refractivity contribution in [3.63, 3.8) is 0 Å². The van der Waals surface area contributed by atoms with Crippen LogP contribution in [0.5, 0.6) is 0 Å². The summed E-state index contributed by atoms with van der Waals surface area (Å²) in [5.41, 5.74) is 6.82. The first-order valence-corrected chi connectivity index (χ1v) is 5.72. The number of imidazole rings is 1. The highest BCUT2D eigenvalue weighted by Gasteiger charge is 2.41. The lowest BCUT2D eigenvalue weighted by Crippen LogP contribution is -2.23. The van der Waals surface area contributed by atoms with Crippen molar-refractivity contribution in [1.82, 2.24) is 9.55 Å². The molecule has 1 aromatic rings. The van der Waals surface area contributed by atoms with Gasteiger partial charge in [0, 0.05) is 19.3 Å². The standard InChI is InChI=1S/C11H17N3O/c12-5-9-6-13-7-14(9)10-3-4-15-11(10)8-1-2-8/h6-8,10-11H,1-5,12H2. The number of ether oxygens (including phenoxy) is 1. The molecule has 3 rings (SSSR count). The van der Waals surface area contributed by atoms with Gasteiger partial charge in [-0.15, -0.1) is 0 Å². The van der Waals surface area contributed by atoms with Crippen LogP contribution in [0.1, 0.15) is 31.0 Å². The summed E-state index contributed by atoms with van der Waals surface area (Å²) in [6.45, 7) is 1.45. The van der Waals surface area contributed by atoms with Crippen LogP contribution >= 0.6 is 0 Å². The monoisotopic (exact) mass is 207 g/mol. The summed E-state index contributed by atoms with van der Waals surface area (Å²) in [6.07, 6.45) is 7.93. The average molecular weight is 207 g/mol. The van der Waals surface area contributed by atoms with Crippen molar-refractivity contribution in [3.8, 4) is 0 Å². The molecule has 0 amide bonds. The van der Waals surface area contributed by atoms with Crippen LogP contribution < -0.4 is 5.73 Å². The molecule has 4 nitrogen and oxygen atoms in total. The summed E-state index contributed by atoms with van der Waals surface area (Å²) in [4.78, 5) is 4.18. The van der Waals surface area contributed by atoms with E-state index in [1.165, 1.54) is 12.8 Å². The molecule has 2 unspecified atom stereocenters. The van der Waals surface area contributed by atoms with Crippen molar-refractivity contribution in [2.75, 3.05) is 6.61 Å². The van der Waals surface area contributed by atoms with Crippen molar-refractivity contribution in [3.05, 3.63) is 18.2 Å². The van der Waals surface area contributed by atoms with Gasteiger partial charge in [-0.1, -0.05) is 0 Å². The van der Waals surface area contributed by atoms with Gasteiger partial charge in [-0.05, 0) is 25.2 Å². The summed E-state index contributed by atoms with van der Waals surface area (Å²) < 4.78 is 8.04. The first-order chi connectivity index (χ1) is 7.40. The summed E-state index contributed by atoms with van der Waals surface area (Å²) in [5.74, 6) is 0.783. The highest BCUT2D eigenvalue weighted by atomic mass is 16.5. The van der Waals surface area contributed by atoms with Gasteiger partial charge in [-0.3, -0.25) is 0 Å². The first-order valence-electron chi connectivity index (χ1n) is 5.72. The minimum absolute atomic E-state index is 0.407. The van der Waals surface area contributed by atoms with Gasteiger partial charge in [-0.2, -0.15) is 0 Å². The van der Waals surface area contributed by atoms with Crippen LogP contribution in [0.2, 0.25) is 0 Å². The van der Waals surface area contributed by atoms with E-state index < -0.39 is 0 Å². The van der Waals surface area contributed by atoms with E-state index >= 15 is 0 Å². The number of hydrogen-bond donors (Lipinski definition) is 1. The maximum absolute atomic E-state index is 5.82. The second-order valence-corrected chi connectivity index (χ2v) is 4.53. The van der Waals surface area contributed by atoms with Gasteiger partial charge in [0.15, 0.2) is 0 Å². The van der Waals surface area contributed by atoms with Crippen molar-refractivity contribution in [1.29, 1.82) is 0 Å². The van der Waals surface area contributed by atoms with Crippen LogP contribution in [-0.4, -0.2) is 22.3 Å². The van der Waals surface area contributed by atoms with Crippen molar-refractivity contribution in [2.24, 2.45) is 11.7 Å². The fourth-order valence-electron chi connectivity index (χ4n) is 2.56. The molecule has 2 atom stereocenters. The molecular weight excluding hydrogens is 190 g/mol. The van der Waals surface area contributed by atoms with E-state index in [9.17, 15) is 0 Å². The van der Waals surface area contributed by atoms with Crippen LogP contribution in [0.25, 0.3) is 0 Å². The third kappa shape index (κ3) is 1.58. The number of nitrogens with zero attached hydrogens (tertiary/aromatic N) is 2. The zero-order valence-corrected chi connectivity index (χ0v) is 8.80. The molecule has 0 radical (unpaired) electrons. The Kier molecular flexibility index (Phi) is 2.25. The Morgan fingerprint density at radius 3 is 3.07 bits per heavy atom. The maximum atomic E-state index is 5.82. The molecule has 2 N–H and O–H groups in total. The molecule has 82 valence electrons. The molecule has 1 saturated carbocycles. The van der Waals surface area contributed by atoms with E-state index in [4.69, 9.17) is 10.5 Å². The van der Waals surface area contributed by atoms with Crippen molar-refractivity contribution < 1.29 is 4.74 Å². The van der Waals surface area contributed by atoms with E-state index in [-0.39, 0.29) is 0 Å². The number of rotatable bonds is 3. The van der Waals surface area contributed by atoms with Crippen LogP contribution in [-0.2, 0) is 11.3 Å². The van der Waals surface area contributed by atoms with Crippen LogP contribution in [0.3, 0.4) is 0 Å². The fourth-order valence-corrected chi connectivity index (χ4v) is 2.56. The van der Waals surface area contributed by atoms with Crippen LogP contribution in [0, 0.1) is 5.92 Å². The molecule has 0 spiro atoms. The Balaban J connectivity index is 1.85. The second kappa shape index (κ2) is 3.61. The van der Waals surface area contributed by atoms with Crippen molar-refractivity contribution >= 4 is 0 Å². The summed E-state index contributed by atoms with van der Waals surface area (Å²) >= 11 is 0. The van der Waals surface area contributed by atoms with Crippen LogP contribution in [0.15, 0.2) is 12.5 Å². The molecule has 2 aliphatic rings. The topological polar surface area (TPSA) is 53.1 Å². The Hall–Kier alpha value is -0.870. The van der Waals surface area contributed by atoms with Gasteiger partial charge in [0.25, 0.3) is 0 Å². The number of hydrogen-bond acceptors (Lipinski definition) is 3. The zero-order chi connectivity index (χ0) is 10.3. The molecule has 1 aliphatic heterocycles. The third-order valence-corrected chi connectivity index (χ3v) is 3.50. The fraction of sp³-hybridized carbons (Fsp3) is 0.727. The maximum Gasteiger partial charge on any atom is 0.0952 e. The smallest absolute Gasteiger partial charge is 0.0952 e. The minimum Gasteiger partial charge on any atom is -0.376 e. The van der Waals surface area contributed by atoms with Gasteiger partial charge in [0.1, 0.15) is 0 Å². The normalized spacial score (nSPS) is 31.0. The lowest BCUT2D eigenvalue weighted by molar-refractivity contribution is 0.0746. The van der Waals surface area contributed by atoms with Gasteiger partial charge in [0.2, 0.25) is 0 Å². The van der Waals surface area contributed by atoms with Gasteiger partial charge in [0.05, 0.1) is 24.2 Å². The SMILES string of the molecule is NCc1cncn1C1CCOC1C1CC1. The average Bonchev–Trinajstić information content (AvgIpc) is 2.83. The molecule has 0 aromatic carbocycles. The highest BCUT2D eigenvalue weighted by molar-refractivity contribution is 5.04. The molecule has 4 heteroatoms. The van der Waals surface area contributed by atoms with Gasteiger partial charge < -0.3 is 15.0 Å². The Bertz CT molecular complexity index is 345. The Morgan fingerprint density at radius 2 is 2.33 bits per heavy atom. The largest absolute Gasteiger partial charge is 0.376 e. The predicted octanol–water partition coefficient (Wildman–Crippen LogP) is 1.08. The molecule has 2 fully saturated rings. The second-order valence-electron chi connectivity index (χ2n) is 4.53. The Morgan fingerprint density at radius 1 is 1.47 bits per heavy atom. The highest BCUT2D eigenvalue weighted by Crippen LogP contribution is 2.43. The molecule has 1 aromatic heterocycles. The molecule has 2 heterocycles. The van der Waals surface area contributed by atoms with Gasteiger partial charge in [-0.25, -0.2) is 4.98 Å². The molecule has 1 aliphatic carbocycles. The lowest BCUT2D eigenvalue weighted by atomic mass is 10.1. The van der Waals surface area contributed by atoms with E-state index in [0.717, 1.165) is 24.6 Å². The molecule has 0 bridgehead atoms. The lowest BCUT2D eigenvalue weighted by Gasteiger charge is -2.21. The molecular formula is C11H17N3O. The summed E-state index contributed by atoms with van der Waals surface area (Å²) in [6, 6.07) is 0.471. The summed E-state index contributed by atoms with van der Waals surface area (Å²) in [5, 5.41) is 0. The van der Waals surface area contributed by atoms with E-state index in [0.29, 0.717) is 18.7 Å².